The molecule has 0 saturated heterocycles. The molecule has 1 saturated carbocycles. The Kier molecular flexibility index (Phi) is 5.21. The third-order valence-corrected chi connectivity index (χ3v) is 4.12. The highest BCUT2D eigenvalue weighted by Crippen LogP contribution is 2.35. The van der Waals surface area contributed by atoms with Gasteiger partial charge in [-0.3, -0.25) is 4.79 Å². The van der Waals surface area contributed by atoms with Crippen molar-refractivity contribution in [2.45, 2.75) is 58.9 Å². The monoisotopic (exact) mass is 289 g/mol. The molecule has 1 atom stereocenters. The van der Waals surface area contributed by atoms with Crippen LogP contribution in [0.2, 0.25) is 0 Å². The number of aromatic nitrogens is 1. The molecule has 4 nitrogen and oxygen atoms in total. The van der Waals surface area contributed by atoms with Gasteiger partial charge >= 0.3 is 0 Å². The van der Waals surface area contributed by atoms with Crippen LogP contribution in [0.15, 0.2) is 18.3 Å². The van der Waals surface area contributed by atoms with Gasteiger partial charge in [0.2, 0.25) is 0 Å². The fourth-order valence-electron chi connectivity index (χ4n) is 2.98. The van der Waals surface area contributed by atoms with Gasteiger partial charge < -0.3 is 10.6 Å². The lowest BCUT2D eigenvalue weighted by molar-refractivity contribution is 0.0897. The van der Waals surface area contributed by atoms with Crippen molar-refractivity contribution < 1.29 is 4.79 Å². The summed E-state index contributed by atoms with van der Waals surface area (Å²) in [7, 11) is 0. The maximum Gasteiger partial charge on any atom is 0.270 e. The number of rotatable bonds is 5. The smallest absolute Gasteiger partial charge is 0.270 e. The molecule has 1 aliphatic carbocycles. The summed E-state index contributed by atoms with van der Waals surface area (Å²) >= 11 is 0. The second kappa shape index (κ2) is 6.92. The zero-order valence-electron chi connectivity index (χ0n) is 13.4. The van der Waals surface area contributed by atoms with E-state index in [0.29, 0.717) is 11.1 Å². The van der Waals surface area contributed by atoms with Crippen molar-refractivity contribution in [3.8, 4) is 0 Å². The van der Waals surface area contributed by atoms with Crippen LogP contribution in [-0.2, 0) is 0 Å². The van der Waals surface area contributed by atoms with E-state index in [1.54, 1.807) is 12.3 Å². The molecule has 1 aromatic rings. The van der Waals surface area contributed by atoms with E-state index in [1.807, 2.05) is 6.07 Å². The topological polar surface area (TPSA) is 54.0 Å². The minimum atomic E-state index is -0.0558. The summed E-state index contributed by atoms with van der Waals surface area (Å²) in [6.07, 6.45) is 7.36. The average molecular weight is 289 g/mol. The number of anilines is 1. The Labute approximate surface area is 127 Å². The molecule has 0 aliphatic heterocycles. The third kappa shape index (κ3) is 4.73. The van der Waals surface area contributed by atoms with E-state index in [2.05, 4.69) is 36.4 Å². The Bertz CT molecular complexity index is 467. The van der Waals surface area contributed by atoms with E-state index in [0.717, 1.165) is 31.5 Å². The zero-order valence-corrected chi connectivity index (χ0v) is 13.4. The highest BCUT2D eigenvalue weighted by atomic mass is 16.1. The van der Waals surface area contributed by atoms with E-state index in [1.165, 1.54) is 12.8 Å². The van der Waals surface area contributed by atoms with Crippen LogP contribution < -0.4 is 10.6 Å². The lowest BCUT2D eigenvalue weighted by Crippen LogP contribution is -2.40. The largest absolute Gasteiger partial charge is 0.384 e. The summed E-state index contributed by atoms with van der Waals surface area (Å²) in [6.45, 7) is 7.59. The molecule has 1 aromatic heterocycles. The molecule has 0 spiro atoms. The molecule has 0 aromatic carbocycles. The van der Waals surface area contributed by atoms with Crippen LogP contribution in [0, 0.1) is 5.41 Å². The number of carbonyl (C=O) groups is 1. The highest BCUT2D eigenvalue weighted by Gasteiger charge is 2.29. The first-order valence-corrected chi connectivity index (χ1v) is 8.01. The molecule has 2 rings (SSSR count). The minimum absolute atomic E-state index is 0.0558. The molecule has 0 bridgehead atoms. The molecule has 1 fully saturated rings. The van der Waals surface area contributed by atoms with Crippen LogP contribution in [-0.4, -0.2) is 23.5 Å². The molecule has 1 amide bonds. The minimum Gasteiger partial charge on any atom is -0.384 e. The molecule has 116 valence electrons. The molecule has 4 heteroatoms. The molecular formula is C17H27N3O. The quantitative estimate of drug-likeness (QED) is 0.870. The van der Waals surface area contributed by atoms with Crippen LogP contribution in [0.3, 0.4) is 0 Å². The predicted molar refractivity (Wildman–Crippen MR) is 86.5 cm³/mol. The second-order valence-corrected chi connectivity index (χ2v) is 6.79. The number of carbonyl (C=O) groups excluding carboxylic acids is 1. The summed E-state index contributed by atoms with van der Waals surface area (Å²) in [5.74, 6) is -0.0558. The number of nitrogens with one attached hydrogen (secondary N) is 2. The van der Waals surface area contributed by atoms with Gasteiger partial charge in [-0.05, 0) is 43.2 Å². The van der Waals surface area contributed by atoms with Crippen LogP contribution in [0.25, 0.3) is 0 Å². The Morgan fingerprint density at radius 2 is 2.24 bits per heavy atom. The second-order valence-electron chi connectivity index (χ2n) is 6.79. The van der Waals surface area contributed by atoms with E-state index in [9.17, 15) is 4.79 Å². The van der Waals surface area contributed by atoms with Crippen molar-refractivity contribution in [1.29, 1.82) is 0 Å². The Morgan fingerprint density at radius 3 is 2.86 bits per heavy atom. The maximum absolute atomic E-state index is 12.3. The van der Waals surface area contributed by atoms with Crippen molar-refractivity contribution in [1.82, 2.24) is 10.3 Å². The van der Waals surface area contributed by atoms with Gasteiger partial charge in [0.1, 0.15) is 5.69 Å². The van der Waals surface area contributed by atoms with Crippen molar-refractivity contribution in [2.24, 2.45) is 5.41 Å². The van der Waals surface area contributed by atoms with Crippen LogP contribution in [0.5, 0.6) is 0 Å². The first-order valence-electron chi connectivity index (χ1n) is 8.01. The lowest BCUT2D eigenvalue weighted by Gasteiger charge is -2.35. The number of pyridine rings is 1. The molecule has 0 radical (unpaired) electrons. The SMILES string of the molecule is CCCNc1ccc(C(=O)NC2CCCC(C)(C)C2)nc1. The van der Waals surface area contributed by atoms with Crippen LogP contribution >= 0.6 is 0 Å². The van der Waals surface area contributed by atoms with Crippen molar-refractivity contribution in [3.05, 3.63) is 24.0 Å². The van der Waals surface area contributed by atoms with Gasteiger partial charge in [-0.25, -0.2) is 4.98 Å². The van der Waals surface area contributed by atoms with Gasteiger partial charge in [-0.2, -0.15) is 0 Å². The molecule has 1 aliphatic rings. The van der Waals surface area contributed by atoms with Crippen molar-refractivity contribution in [2.75, 3.05) is 11.9 Å². The Balaban J connectivity index is 1.91. The number of hydrogen-bond acceptors (Lipinski definition) is 3. The van der Waals surface area contributed by atoms with Gasteiger partial charge in [-0.1, -0.05) is 27.2 Å². The summed E-state index contributed by atoms with van der Waals surface area (Å²) < 4.78 is 0. The number of amides is 1. The van der Waals surface area contributed by atoms with Crippen LogP contribution in [0.1, 0.15) is 63.4 Å². The first kappa shape index (κ1) is 15.8. The summed E-state index contributed by atoms with van der Waals surface area (Å²) in [4.78, 5) is 16.5. The average Bonchev–Trinajstić information content (AvgIpc) is 2.44. The first-order chi connectivity index (χ1) is 10.00. The molecule has 1 heterocycles. The van der Waals surface area contributed by atoms with Gasteiger partial charge in [0.05, 0.1) is 11.9 Å². The summed E-state index contributed by atoms with van der Waals surface area (Å²) in [5.41, 5.74) is 1.80. The van der Waals surface area contributed by atoms with E-state index < -0.39 is 0 Å². The maximum atomic E-state index is 12.3. The molecule has 21 heavy (non-hydrogen) atoms. The Hall–Kier alpha value is -1.58. The molecule has 2 N–H and O–H groups in total. The van der Waals surface area contributed by atoms with Crippen molar-refractivity contribution >= 4 is 11.6 Å². The Morgan fingerprint density at radius 1 is 1.43 bits per heavy atom. The zero-order chi connectivity index (χ0) is 15.3. The third-order valence-electron chi connectivity index (χ3n) is 4.12. The number of hydrogen-bond donors (Lipinski definition) is 2. The van der Waals surface area contributed by atoms with Gasteiger partial charge in [0.25, 0.3) is 5.91 Å². The summed E-state index contributed by atoms with van der Waals surface area (Å²) in [6, 6.07) is 3.99. The fourth-order valence-corrected chi connectivity index (χ4v) is 2.98. The van der Waals surface area contributed by atoms with Gasteiger partial charge in [-0.15, -0.1) is 0 Å². The summed E-state index contributed by atoms with van der Waals surface area (Å²) in [5, 5.41) is 6.39. The normalized spacial score (nSPS) is 20.8. The predicted octanol–water partition coefficient (Wildman–Crippen LogP) is 3.60. The fraction of sp³-hybridized carbons (Fsp3) is 0.647. The van der Waals surface area contributed by atoms with Gasteiger partial charge in [0.15, 0.2) is 0 Å². The highest BCUT2D eigenvalue weighted by molar-refractivity contribution is 5.92. The number of nitrogens with zero attached hydrogens (tertiary/aromatic N) is 1. The van der Waals surface area contributed by atoms with E-state index in [-0.39, 0.29) is 11.9 Å². The molecule has 1 unspecified atom stereocenters. The van der Waals surface area contributed by atoms with E-state index in [4.69, 9.17) is 0 Å². The van der Waals surface area contributed by atoms with Crippen molar-refractivity contribution in [3.63, 3.8) is 0 Å². The van der Waals surface area contributed by atoms with E-state index >= 15 is 0 Å². The van der Waals surface area contributed by atoms with Gasteiger partial charge in [0, 0.05) is 12.6 Å². The molecular weight excluding hydrogens is 262 g/mol. The lowest BCUT2D eigenvalue weighted by atomic mass is 9.75. The standard InChI is InChI=1S/C17H27N3O/c1-4-10-18-14-7-8-15(19-12-14)16(21)20-13-6-5-9-17(2,3)11-13/h7-8,12-13,18H,4-6,9-11H2,1-3H3,(H,20,21). The van der Waals surface area contributed by atoms with Crippen LogP contribution in [0.4, 0.5) is 5.69 Å².